The van der Waals surface area contributed by atoms with Crippen molar-refractivity contribution in [3.05, 3.63) is 70.0 Å². The maximum atomic E-state index is 12.4. The van der Waals surface area contributed by atoms with E-state index >= 15 is 0 Å². The predicted octanol–water partition coefficient (Wildman–Crippen LogP) is 4.34. The number of aromatic amines is 1. The molecule has 134 valence electrons. The van der Waals surface area contributed by atoms with Gasteiger partial charge in [-0.1, -0.05) is 42.1 Å². The molecule has 0 atom stereocenters. The number of hydrogen-bond donors (Lipinski definition) is 1. The van der Waals surface area contributed by atoms with Crippen LogP contribution in [0.4, 0.5) is 0 Å². The Morgan fingerprint density at radius 1 is 1.04 bits per heavy atom. The number of nitrogens with zero attached hydrogens (tertiary/aromatic N) is 3. The Balaban J connectivity index is 1.52. The van der Waals surface area contributed by atoms with Crippen molar-refractivity contribution in [1.29, 1.82) is 0 Å². The van der Waals surface area contributed by atoms with E-state index in [4.69, 9.17) is 9.97 Å². The minimum atomic E-state index is -0.0921. The molecule has 0 unspecified atom stereocenters. The molecule has 5 rings (SSSR count). The molecule has 1 N–H and O–H groups in total. The van der Waals surface area contributed by atoms with Crippen LogP contribution in [0.5, 0.6) is 0 Å². The molecule has 0 spiro atoms. The zero-order chi connectivity index (χ0) is 18.4. The maximum Gasteiger partial charge on any atom is 0.258 e. The third-order valence-corrected chi connectivity index (χ3v) is 5.86. The Labute approximate surface area is 160 Å². The molecule has 1 aliphatic carbocycles. The van der Waals surface area contributed by atoms with Crippen molar-refractivity contribution in [1.82, 2.24) is 19.9 Å². The lowest BCUT2D eigenvalue weighted by Gasteiger charge is -2.08. The lowest BCUT2D eigenvalue weighted by molar-refractivity contribution is 0.903. The van der Waals surface area contributed by atoms with E-state index in [0.717, 1.165) is 32.8 Å². The van der Waals surface area contributed by atoms with Gasteiger partial charge in [-0.3, -0.25) is 4.79 Å². The minimum absolute atomic E-state index is 0.0921. The molecule has 4 aromatic rings. The van der Waals surface area contributed by atoms with Crippen molar-refractivity contribution in [2.75, 3.05) is 0 Å². The second-order valence-electron chi connectivity index (χ2n) is 6.95. The highest BCUT2D eigenvalue weighted by Gasteiger charge is 2.27. The van der Waals surface area contributed by atoms with Crippen LogP contribution in [0.25, 0.3) is 21.8 Å². The molecule has 0 bridgehead atoms. The Bertz CT molecular complexity index is 1230. The van der Waals surface area contributed by atoms with Gasteiger partial charge < -0.3 is 4.98 Å². The highest BCUT2D eigenvalue weighted by Crippen LogP contribution is 2.40. The van der Waals surface area contributed by atoms with Crippen LogP contribution in [-0.2, 0) is 5.75 Å². The quantitative estimate of drug-likeness (QED) is 0.425. The zero-order valence-electron chi connectivity index (χ0n) is 14.9. The lowest BCUT2D eigenvalue weighted by Crippen LogP contribution is -2.12. The lowest BCUT2D eigenvalue weighted by atomic mass is 10.1. The number of nitrogens with one attached hydrogen (secondary N) is 1. The number of rotatable bonds is 4. The number of thioether (sulfide) groups is 1. The predicted molar refractivity (Wildman–Crippen MR) is 108 cm³/mol. The minimum Gasteiger partial charge on any atom is -0.309 e. The van der Waals surface area contributed by atoms with Gasteiger partial charge in [-0.25, -0.2) is 15.0 Å². The molecule has 1 aliphatic rings. The van der Waals surface area contributed by atoms with E-state index in [1.54, 1.807) is 11.8 Å². The van der Waals surface area contributed by atoms with E-state index < -0.39 is 0 Å². The Morgan fingerprint density at radius 3 is 2.70 bits per heavy atom. The van der Waals surface area contributed by atoms with Crippen LogP contribution in [-0.4, -0.2) is 19.9 Å². The summed E-state index contributed by atoms with van der Waals surface area (Å²) in [5.41, 5.74) is 2.66. The second kappa shape index (κ2) is 6.46. The molecule has 0 radical (unpaired) electrons. The van der Waals surface area contributed by atoms with Crippen LogP contribution in [0.3, 0.4) is 0 Å². The van der Waals surface area contributed by atoms with Gasteiger partial charge in [0.25, 0.3) is 5.56 Å². The summed E-state index contributed by atoms with van der Waals surface area (Å²) in [6.45, 7) is 1.98. The van der Waals surface area contributed by atoms with Crippen molar-refractivity contribution in [2.24, 2.45) is 0 Å². The number of para-hydroxylation sites is 2. The van der Waals surface area contributed by atoms with Crippen LogP contribution in [0.15, 0.2) is 52.3 Å². The van der Waals surface area contributed by atoms with Gasteiger partial charge in [0.1, 0.15) is 16.7 Å². The van der Waals surface area contributed by atoms with E-state index in [0.29, 0.717) is 22.9 Å². The van der Waals surface area contributed by atoms with E-state index in [1.165, 1.54) is 12.8 Å². The summed E-state index contributed by atoms with van der Waals surface area (Å²) in [5, 5.41) is 2.63. The summed E-state index contributed by atoms with van der Waals surface area (Å²) in [7, 11) is 0. The topological polar surface area (TPSA) is 71.5 Å². The standard InChI is InChI=1S/C21H18N4OS/c1-12-5-4-7-15-18(12)23-17(24-20(15)26)11-27-21-14-6-2-3-8-16(14)22-19(25-21)13-9-10-13/h2-8,13H,9-11H2,1H3,(H,23,24,26). The maximum absolute atomic E-state index is 12.4. The summed E-state index contributed by atoms with van der Waals surface area (Å²) >= 11 is 1.60. The van der Waals surface area contributed by atoms with Crippen molar-refractivity contribution in [2.45, 2.75) is 36.5 Å². The molecule has 0 saturated heterocycles. The average Bonchev–Trinajstić information content (AvgIpc) is 3.52. The van der Waals surface area contributed by atoms with Gasteiger partial charge >= 0.3 is 0 Å². The van der Waals surface area contributed by atoms with Crippen molar-refractivity contribution < 1.29 is 0 Å². The van der Waals surface area contributed by atoms with Crippen LogP contribution in [0.2, 0.25) is 0 Å². The van der Waals surface area contributed by atoms with Gasteiger partial charge in [0, 0.05) is 11.3 Å². The van der Waals surface area contributed by atoms with Gasteiger partial charge in [0.2, 0.25) is 0 Å². The average molecular weight is 374 g/mol. The molecule has 0 amide bonds. The SMILES string of the molecule is Cc1cccc2c(=O)[nH]c(CSc3nc(C4CC4)nc4ccccc34)nc12. The molecule has 2 aromatic heterocycles. The van der Waals surface area contributed by atoms with Gasteiger partial charge in [-0.05, 0) is 37.5 Å². The second-order valence-corrected chi connectivity index (χ2v) is 7.91. The first-order valence-electron chi connectivity index (χ1n) is 9.07. The first kappa shape index (κ1) is 16.4. The molecule has 2 aromatic carbocycles. The summed E-state index contributed by atoms with van der Waals surface area (Å²) in [4.78, 5) is 29.5. The fraction of sp³-hybridized carbons (Fsp3) is 0.238. The van der Waals surface area contributed by atoms with Gasteiger partial charge in [0.05, 0.1) is 22.2 Å². The summed E-state index contributed by atoms with van der Waals surface area (Å²) in [6, 6.07) is 13.8. The molecular formula is C21H18N4OS. The fourth-order valence-electron chi connectivity index (χ4n) is 3.26. The molecule has 0 aliphatic heterocycles. The van der Waals surface area contributed by atoms with Crippen molar-refractivity contribution in [3.63, 3.8) is 0 Å². The first-order valence-corrected chi connectivity index (χ1v) is 10.1. The molecule has 1 saturated carbocycles. The van der Waals surface area contributed by atoms with E-state index in [9.17, 15) is 4.79 Å². The third kappa shape index (κ3) is 3.10. The smallest absolute Gasteiger partial charge is 0.258 e. The molecule has 6 heteroatoms. The molecule has 5 nitrogen and oxygen atoms in total. The number of fused-ring (bicyclic) bond motifs is 2. The normalized spacial score (nSPS) is 14.1. The Kier molecular flexibility index (Phi) is 3.93. The van der Waals surface area contributed by atoms with Crippen LogP contribution in [0.1, 0.15) is 36.0 Å². The largest absolute Gasteiger partial charge is 0.309 e. The molecule has 1 fully saturated rings. The van der Waals surface area contributed by atoms with E-state index in [-0.39, 0.29) is 5.56 Å². The molecule has 2 heterocycles. The summed E-state index contributed by atoms with van der Waals surface area (Å²) < 4.78 is 0. The number of hydrogen-bond acceptors (Lipinski definition) is 5. The van der Waals surface area contributed by atoms with Crippen LogP contribution in [0, 0.1) is 6.92 Å². The highest BCUT2D eigenvalue weighted by molar-refractivity contribution is 7.98. The number of benzene rings is 2. The molecule has 27 heavy (non-hydrogen) atoms. The van der Waals surface area contributed by atoms with E-state index in [2.05, 4.69) is 16.0 Å². The summed E-state index contributed by atoms with van der Waals surface area (Å²) in [5.74, 6) is 2.66. The van der Waals surface area contributed by atoms with Gasteiger partial charge in [0.15, 0.2) is 0 Å². The van der Waals surface area contributed by atoms with Crippen molar-refractivity contribution >= 4 is 33.6 Å². The summed E-state index contributed by atoms with van der Waals surface area (Å²) in [6.07, 6.45) is 2.34. The van der Waals surface area contributed by atoms with Crippen molar-refractivity contribution in [3.8, 4) is 0 Å². The van der Waals surface area contributed by atoms with Crippen LogP contribution >= 0.6 is 11.8 Å². The number of H-pyrrole nitrogens is 1. The van der Waals surface area contributed by atoms with Gasteiger partial charge in [-0.2, -0.15) is 0 Å². The van der Waals surface area contributed by atoms with E-state index in [1.807, 2.05) is 43.3 Å². The molecular weight excluding hydrogens is 356 g/mol. The van der Waals surface area contributed by atoms with Gasteiger partial charge in [-0.15, -0.1) is 0 Å². The fourth-order valence-corrected chi connectivity index (χ4v) is 4.15. The monoisotopic (exact) mass is 374 g/mol. The number of aromatic nitrogens is 4. The third-order valence-electron chi connectivity index (χ3n) is 4.86. The van der Waals surface area contributed by atoms with Crippen LogP contribution < -0.4 is 5.56 Å². The Morgan fingerprint density at radius 2 is 1.85 bits per heavy atom. The first-order chi connectivity index (χ1) is 13.2. The highest BCUT2D eigenvalue weighted by atomic mass is 32.2. The Hall–Kier alpha value is -2.73. The number of aryl methyl sites for hydroxylation is 1. The zero-order valence-corrected chi connectivity index (χ0v) is 15.7.